The van der Waals surface area contributed by atoms with Crippen LogP contribution in [-0.4, -0.2) is 26.7 Å². The number of carbonyl (C=O) groups excluding carboxylic acids is 1. The summed E-state index contributed by atoms with van der Waals surface area (Å²) in [5, 5.41) is 10.9. The van der Waals surface area contributed by atoms with E-state index in [9.17, 15) is 9.90 Å². The molecule has 0 aliphatic rings. The Kier molecular flexibility index (Phi) is 4.58. The third kappa shape index (κ3) is 4.08. The van der Waals surface area contributed by atoms with E-state index in [4.69, 9.17) is 16.3 Å². The number of halogens is 1. The van der Waals surface area contributed by atoms with Crippen molar-refractivity contribution in [3.8, 4) is 5.75 Å². The Bertz CT molecular complexity index is 379. The van der Waals surface area contributed by atoms with Crippen LogP contribution in [0.25, 0.3) is 0 Å². The Morgan fingerprint density at radius 2 is 2.19 bits per heavy atom. The summed E-state index contributed by atoms with van der Waals surface area (Å²) in [4.78, 5) is 11.5. The fourth-order valence-corrected chi connectivity index (χ4v) is 1.48. The lowest BCUT2D eigenvalue weighted by Gasteiger charge is -2.11. The molecule has 5 heteroatoms. The highest BCUT2D eigenvalue weighted by Crippen LogP contribution is 2.21. The zero-order valence-electron chi connectivity index (χ0n) is 9.25. The van der Waals surface area contributed by atoms with Crippen LogP contribution in [0.1, 0.15) is 5.56 Å². The van der Waals surface area contributed by atoms with Crippen LogP contribution in [0, 0.1) is 0 Å². The third-order valence-corrected chi connectivity index (χ3v) is 2.29. The van der Waals surface area contributed by atoms with E-state index in [0.29, 0.717) is 10.8 Å². The quantitative estimate of drug-likeness (QED) is 0.730. The highest BCUT2D eigenvalue weighted by molar-refractivity contribution is 6.31. The van der Waals surface area contributed by atoms with Crippen molar-refractivity contribution in [2.45, 2.75) is 6.54 Å². The number of rotatable bonds is 5. The molecular weight excluding hydrogens is 230 g/mol. The first kappa shape index (κ1) is 12.8. The number of hydrogen-bond donors (Lipinski definition) is 1. The number of nitrogens with one attached hydrogen (secondary N) is 1. The maximum absolute atomic E-state index is 10.2. The molecule has 0 fully saturated rings. The zero-order valence-corrected chi connectivity index (χ0v) is 10.0. The summed E-state index contributed by atoms with van der Waals surface area (Å²) < 4.78 is 5.01. The van der Waals surface area contributed by atoms with Crippen molar-refractivity contribution in [2.24, 2.45) is 0 Å². The number of hydrogen-bond acceptors (Lipinski definition) is 3. The number of quaternary nitrogens is 1. The minimum absolute atomic E-state index is 0.449. The van der Waals surface area contributed by atoms with Crippen molar-refractivity contribution < 1.29 is 19.5 Å². The summed E-state index contributed by atoms with van der Waals surface area (Å²) >= 11 is 6.01. The van der Waals surface area contributed by atoms with Crippen LogP contribution in [0.2, 0.25) is 5.02 Å². The Hall–Kier alpha value is -1.26. The molecule has 0 bridgehead atoms. The molecule has 88 valence electrons. The lowest BCUT2D eigenvalue weighted by Crippen LogP contribution is -3.04. The van der Waals surface area contributed by atoms with Gasteiger partial charge in [-0.2, -0.15) is 0 Å². The average molecular weight is 244 g/mol. The van der Waals surface area contributed by atoms with Crippen molar-refractivity contribution in [1.29, 1.82) is 0 Å². The maximum Gasteiger partial charge on any atom is 0.128 e. The predicted molar refractivity (Wildman–Crippen MR) is 58.5 cm³/mol. The monoisotopic (exact) mass is 243 g/mol. The van der Waals surface area contributed by atoms with Crippen molar-refractivity contribution in [3.05, 3.63) is 28.8 Å². The Balaban J connectivity index is 2.76. The fourth-order valence-electron chi connectivity index (χ4n) is 1.30. The largest absolute Gasteiger partial charge is 0.546 e. The minimum atomic E-state index is -1.24. The Morgan fingerprint density at radius 1 is 1.50 bits per heavy atom. The van der Waals surface area contributed by atoms with Crippen molar-refractivity contribution >= 4 is 17.6 Å². The molecule has 0 aliphatic carbocycles. The average Bonchev–Trinajstić information content (AvgIpc) is 2.18. The normalized spacial score (nSPS) is 10.5. The second kappa shape index (κ2) is 5.72. The molecule has 0 radical (unpaired) electrons. The van der Waals surface area contributed by atoms with Gasteiger partial charge in [-0.05, 0) is 18.2 Å². The van der Waals surface area contributed by atoms with E-state index in [2.05, 4.69) is 0 Å². The number of ether oxygens (including phenoxy) is 1. The van der Waals surface area contributed by atoms with E-state index < -0.39 is 12.6 Å². The Morgan fingerprint density at radius 3 is 2.75 bits per heavy atom. The van der Waals surface area contributed by atoms with Gasteiger partial charge >= 0.3 is 0 Å². The van der Waals surface area contributed by atoms with Crippen LogP contribution in [0.4, 0.5) is 0 Å². The molecule has 16 heavy (non-hydrogen) atoms. The molecule has 0 aromatic heterocycles. The van der Waals surface area contributed by atoms with Gasteiger partial charge in [0.25, 0.3) is 0 Å². The first-order valence-corrected chi connectivity index (χ1v) is 5.27. The first-order chi connectivity index (χ1) is 7.49. The van der Waals surface area contributed by atoms with E-state index in [1.54, 1.807) is 18.2 Å². The van der Waals surface area contributed by atoms with Crippen LogP contribution >= 0.6 is 11.6 Å². The first-order valence-electron chi connectivity index (χ1n) is 4.89. The molecule has 0 saturated carbocycles. The van der Waals surface area contributed by atoms with Gasteiger partial charge in [-0.15, -0.1) is 0 Å². The molecule has 0 saturated heterocycles. The van der Waals surface area contributed by atoms with Gasteiger partial charge < -0.3 is 19.5 Å². The lowest BCUT2D eigenvalue weighted by molar-refractivity contribution is -0.872. The second-order valence-electron chi connectivity index (χ2n) is 3.80. The molecular formula is C11H14ClNO3. The van der Waals surface area contributed by atoms with E-state index in [1.807, 2.05) is 14.1 Å². The molecule has 0 spiro atoms. The molecule has 0 atom stereocenters. The number of carboxylic acid groups (broad SMARTS) is 1. The van der Waals surface area contributed by atoms with Gasteiger partial charge in [-0.25, -0.2) is 0 Å². The summed E-state index contributed by atoms with van der Waals surface area (Å²) in [5.41, 5.74) is 0.928. The third-order valence-electron chi connectivity index (χ3n) is 1.92. The van der Waals surface area contributed by atoms with Crippen molar-refractivity contribution in [3.63, 3.8) is 0 Å². The number of benzene rings is 1. The standard InChI is InChI=1S/C11H14ClNO3/c1-13(2)6-8-5-9(3-4-10(8)12)16-7-11(14)15/h3-5H,6-7H2,1-2H3,(H,14,15). The molecule has 1 aromatic rings. The van der Waals surface area contributed by atoms with E-state index >= 15 is 0 Å². The van der Waals surface area contributed by atoms with Crippen molar-refractivity contribution in [1.82, 2.24) is 0 Å². The van der Waals surface area contributed by atoms with Crippen LogP contribution < -0.4 is 14.7 Å². The van der Waals surface area contributed by atoms with Crippen LogP contribution in [-0.2, 0) is 11.3 Å². The van der Waals surface area contributed by atoms with E-state index in [-0.39, 0.29) is 0 Å². The van der Waals surface area contributed by atoms with Gasteiger partial charge in [-0.3, -0.25) is 0 Å². The van der Waals surface area contributed by atoms with Gasteiger partial charge in [0.2, 0.25) is 0 Å². The van der Waals surface area contributed by atoms with Gasteiger partial charge in [0.15, 0.2) is 0 Å². The molecule has 1 aromatic carbocycles. The highest BCUT2D eigenvalue weighted by atomic mass is 35.5. The van der Waals surface area contributed by atoms with Crippen LogP contribution in [0.5, 0.6) is 5.75 Å². The minimum Gasteiger partial charge on any atom is -0.546 e. The SMILES string of the molecule is C[NH+](C)Cc1cc(OCC(=O)[O-])ccc1Cl. The highest BCUT2D eigenvalue weighted by Gasteiger charge is 2.06. The van der Waals surface area contributed by atoms with Crippen LogP contribution in [0.15, 0.2) is 18.2 Å². The molecule has 0 aliphatic heterocycles. The number of carboxylic acids is 1. The van der Waals surface area contributed by atoms with Gasteiger partial charge in [0.05, 0.1) is 20.1 Å². The summed E-state index contributed by atoms with van der Waals surface area (Å²) in [7, 11) is 4.01. The van der Waals surface area contributed by atoms with Crippen molar-refractivity contribution in [2.75, 3.05) is 20.7 Å². The van der Waals surface area contributed by atoms with Crippen LogP contribution in [0.3, 0.4) is 0 Å². The van der Waals surface area contributed by atoms with Gasteiger partial charge in [-0.1, -0.05) is 11.6 Å². The molecule has 4 nitrogen and oxygen atoms in total. The zero-order chi connectivity index (χ0) is 12.1. The summed E-state index contributed by atoms with van der Waals surface area (Å²) in [6.45, 7) is 0.303. The van der Waals surface area contributed by atoms with Gasteiger partial charge in [0.1, 0.15) is 18.9 Å². The summed E-state index contributed by atoms with van der Waals surface area (Å²) in [5.74, 6) is -0.750. The molecule has 0 unspecified atom stereocenters. The molecule has 0 amide bonds. The summed E-state index contributed by atoms with van der Waals surface area (Å²) in [6.07, 6.45) is 0. The van der Waals surface area contributed by atoms with Gasteiger partial charge in [0, 0.05) is 10.6 Å². The fraction of sp³-hybridized carbons (Fsp3) is 0.364. The smallest absolute Gasteiger partial charge is 0.128 e. The molecule has 1 rings (SSSR count). The molecule has 1 N–H and O–H groups in total. The maximum atomic E-state index is 10.2. The second-order valence-corrected chi connectivity index (χ2v) is 4.20. The lowest BCUT2D eigenvalue weighted by atomic mass is 10.2. The van der Waals surface area contributed by atoms with E-state index in [1.165, 1.54) is 4.90 Å². The van der Waals surface area contributed by atoms with E-state index in [0.717, 1.165) is 12.1 Å². The molecule has 0 heterocycles. The number of aliphatic carboxylic acids is 1. The Labute approximate surface area is 99.4 Å². The topological polar surface area (TPSA) is 53.8 Å². The summed E-state index contributed by atoms with van der Waals surface area (Å²) in [6, 6.07) is 5.09. The predicted octanol–water partition coefficient (Wildman–Crippen LogP) is -0.887. The number of carbonyl (C=O) groups is 1.